The molecule has 8 heteroatoms. The number of carbonyl (C=O) groups is 1. The number of hydrogen-bond acceptors (Lipinski definition) is 4. The molecule has 2 N–H and O–H groups in total. The molecule has 7 nitrogen and oxygen atoms in total. The fourth-order valence-electron chi connectivity index (χ4n) is 1.33. The molecule has 19 heavy (non-hydrogen) atoms. The van der Waals surface area contributed by atoms with Crippen molar-refractivity contribution in [2.24, 2.45) is 0 Å². The van der Waals surface area contributed by atoms with Gasteiger partial charge >= 0.3 is 6.09 Å². The first-order valence-corrected chi connectivity index (χ1v) is 9.57. The summed E-state index contributed by atoms with van der Waals surface area (Å²) in [6.45, 7) is 7.58. The first kappa shape index (κ1) is 15.2. The van der Waals surface area contributed by atoms with Gasteiger partial charge in [0.25, 0.3) is 0 Å². The zero-order valence-electron chi connectivity index (χ0n) is 11.3. The van der Waals surface area contributed by atoms with Crippen molar-refractivity contribution < 1.29 is 14.6 Å². The van der Waals surface area contributed by atoms with Crippen LogP contribution < -0.4 is 5.32 Å². The Balaban J connectivity index is 2.57. The molecule has 1 heterocycles. The molecule has 0 aliphatic carbocycles. The van der Waals surface area contributed by atoms with Crippen molar-refractivity contribution in [1.82, 2.24) is 9.55 Å². The average molecular weight is 282 g/mol. The maximum absolute atomic E-state index is 10.5. The summed E-state index contributed by atoms with van der Waals surface area (Å²) in [5, 5.41) is 19.7. The van der Waals surface area contributed by atoms with Crippen LogP contribution in [0.25, 0.3) is 0 Å². The lowest BCUT2D eigenvalue weighted by Gasteiger charge is -2.15. The Morgan fingerprint density at radius 3 is 2.84 bits per heavy atom. The molecule has 0 fully saturated rings. The van der Waals surface area contributed by atoms with Crippen molar-refractivity contribution in [2.75, 3.05) is 11.9 Å². The number of ether oxygens (including phenoxy) is 1. The highest BCUT2D eigenvalue weighted by Gasteiger charge is 2.14. The maximum atomic E-state index is 10.5. The van der Waals surface area contributed by atoms with Gasteiger partial charge in [0.1, 0.15) is 19.1 Å². The summed E-state index contributed by atoms with van der Waals surface area (Å²) < 4.78 is 6.97. The summed E-state index contributed by atoms with van der Waals surface area (Å²) >= 11 is 0. The number of nitrogens with zero attached hydrogens (tertiary/aromatic N) is 3. The first-order chi connectivity index (χ1) is 8.83. The summed E-state index contributed by atoms with van der Waals surface area (Å²) in [5.41, 5.74) is 0.149. The number of anilines is 1. The Labute approximate surface area is 112 Å². The number of amides is 1. The number of nitrogens with one attached hydrogen (secondary N) is 1. The van der Waals surface area contributed by atoms with Gasteiger partial charge in [-0.3, -0.25) is 9.88 Å². The van der Waals surface area contributed by atoms with Crippen molar-refractivity contribution in [1.29, 1.82) is 5.26 Å². The third-order valence-corrected chi connectivity index (χ3v) is 4.10. The molecule has 0 unspecified atom stereocenters. The van der Waals surface area contributed by atoms with Crippen molar-refractivity contribution in [3.63, 3.8) is 0 Å². The van der Waals surface area contributed by atoms with Crippen LogP contribution >= 0.6 is 0 Å². The fraction of sp³-hybridized carbons (Fsp3) is 0.545. The van der Waals surface area contributed by atoms with Gasteiger partial charge in [-0.2, -0.15) is 5.26 Å². The largest absolute Gasteiger partial charge is 0.465 e. The molecule has 1 amide bonds. The Kier molecular flexibility index (Phi) is 5.08. The lowest BCUT2D eigenvalue weighted by molar-refractivity contribution is 0.0866. The van der Waals surface area contributed by atoms with Crippen LogP contribution in [0.1, 0.15) is 5.69 Å². The Hall–Kier alpha value is -1.85. The predicted molar refractivity (Wildman–Crippen MR) is 72.7 cm³/mol. The normalized spacial score (nSPS) is 11.1. The number of hydrogen-bond donors (Lipinski definition) is 2. The zero-order valence-corrected chi connectivity index (χ0v) is 12.3. The monoisotopic (exact) mass is 282 g/mol. The van der Waals surface area contributed by atoms with E-state index < -0.39 is 14.2 Å². The maximum Gasteiger partial charge on any atom is 0.410 e. The number of rotatable bonds is 6. The van der Waals surface area contributed by atoms with E-state index in [2.05, 4.69) is 29.9 Å². The van der Waals surface area contributed by atoms with Crippen LogP contribution in [0.3, 0.4) is 0 Å². The van der Waals surface area contributed by atoms with Gasteiger partial charge < -0.3 is 9.84 Å². The van der Waals surface area contributed by atoms with Gasteiger partial charge in [0.15, 0.2) is 11.5 Å². The second kappa shape index (κ2) is 6.35. The van der Waals surface area contributed by atoms with Gasteiger partial charge in [-0.1, -0.05) is 19.6 Å². The van der Waals surface area contributed by atoms with E-state index in [1.54, 1.807) is 0 Å². The van der Waals surface area contributed by atoms with E-state index in [0.29, 0.717) is 6.61 Å². The van der Waals surface area contributed by atoms with E-state index in [1.165, 1.54) is 10.9 Å². The molecule has 0 bridgehead atoms. The lowest BCUT2D eigenvalue weighted by atomic mass is 10.4. The number of aromatic nitrogens is 2. The van der Waals surface area contributed by atoms with Gasteiger partial charge in [-0.05, 0) is 6.04 Å². The van der Waals surface area contributed by atoms with Crippen LogP contribution in [0.15, 0.2) is 6.33 Å². The van der Waals surface area contributed by atoms with Crippen molar-refractivity contribution in [3.8, 4) is 6.07 Å². The Morgan fingerprint density at radius 1 is 1.63 bits per heavy atom. The van der Waals surface area contributed by atoms with E-state index in [9.17, 15) is 4.79 Å². The lowest BCUT2D eigenvalue weighted by Crippen LogP contribution is -2.22. The molecule has 0 atom stereocenters. The van der Waals surface area contributed by atoms with Crippen LogP contribution in [-0.4, -0.2) is 35.4 Å². The van der Waals surface area contributed by atoms with E-state index in [1.807, 2.05) is 6.07 Å². The van der Waals surface area contributed by atoms with Gasteiger partial charge in [0.05, 0.1) is 0 Å². The van der Waals surface area contributed by atoms with E-state index in [0.717, 1.165) is 6.04 Å². The second-order valence-electron chi connectivity index (χ2n) is 5.30. The Bertz CT molecular complexity index is 487. The third-order valence-electron chi connectivity index (χ3n) is 2.40. The smallest absolute Gasteiger partial charge is 0.410 e. The van der Waals surface area contributed by atoms with Crippen molar-refractivity contribution in [2.45, 2.75) is 32.4 Å². The molecule has 0 radical (unpaired) electrons. The zero-order chi connectivity index (χ0) is 14.5. The van der Waals surface area contributed by atoms with E-state index in [-0.39, 0.29) is 18.2 Å². The second-order valence-corrected chi connectivity index (χ2v) is 10.9. The molecular weight excluding hydrogens is 264 g/mol. The molecule has 0 aliphatic rings. The molecule has 0 aliphatic heterocycles. The molecule has 104 valence electrons. The van der Waals surface area contributed by atoms with Gasteiger partial charge in [-0.25, -0.2) is 9.78 Å². The average Bonchev–Trinajstić information content (AvgIpc) is 2.64. The van der Waals surface area contributed by atoms with Crippen LogP contribution in [0, 0.1) is 11.3 Å². The molecule has 1 aromatic heterocycles. The third kappa shape index (κ3) is 5.11. The number of imidazole rings is 1. The number of carboxylic acid groups (broad SMARTS) is 1. The molecule has 0 spiro atoms. The highest BCUT2D eigenvalue weighted by molar-refractivity contribution is 6.76. The van der Waals surface area contributed by atoms with Crippen LogP contribution in [0.5, 0.6) is 0 Å². The standard InChI is InChI=1S/C11H18N4O3Si/c1-19(2,3)5-4-18-8-15-7-13-10(9(15)6-12)14-11(16)17/h7,14H,4-5,8H2,1-3H3,(H,16,17). The van der Waals surface area contributed by atoms with Gasteiger partial charge in [0, 0.05) is 14.7 Å². The van der Waals surface area contributed by atoms with Crippen LogP contribution in [0.2, 0.25) is 25.7 Å². The predicted octanol–water partition coefficient (Wildman–Crippen LogP) is 2.16. The Morgan fingerprint density at radius 2 is 2.32 bits per heavy atom. The summed E-state index contributed by atoms with van der Waals surface area (Å²) in [7, 11) is -1.14. The van der Waals surface area contributed by atoms with E-state index in [4.69, 9.17) is 15.1 Å². The molecule has 0 saturated carbocycles. The summed E-state index contributed by atoms with van der Waals surface area (Å²) in [6.07, 6.45) is 0.139. The van der Waals surface area contributed by atoms with E-state index >= 15 is 0 Å². The quantitative estimate of drug-likeness (QED) is 0.615. The SMILES string of the molecule is C[Si](C)(C)CCOCn1cnc(NC(=O)O)c1C#N. The van der Waals surface area contributed by atoms with Crippen LogP contribution in [-0.2, 0) is 11.5 Å². The minimum absolute atomic E-state index is 0.0313. The van der Waals surface area contributed by atoms with Crippen LogP contribution in [0.4, 0.5) is 10.6 Å². The topological polar surface area (TPSA) is 100 Å². The summed E-state index contributed by atoms with van der Waals surface area (Å²) in [6, 6.07) is 2.94. The highest BCUT2D eigenvalue weighted by atomic mass is 28.3. The van der Waals surface area contributed by atoms with Gasteiger partial charge in [-0.15, -0.1) is 0 Å². The molecular formula is C11H18N4O3Si. The fourth-order valence-corrected chi connectivity index (χ4v) is 2.09. The van der Waals surface area contributed by atoms with Crippen molar-refractivity contribution in [3.05, 3.63) is 12.0 Å². The summed E-state index contributed by atoms with van der Waals surface area (Å²) in [4.78, 5) is 14.4. The van der Waals surface area contributed by atoms with Crippen molar-refractivity contribution >= 4 is 20.0 Å². The first-order valence-electron chi connectivity index (χ1n) is 5.86. The number of nitriles is 1. The highest BCUT2D eigenvalue weighted by Crippen LogP contribution is 2.13. The summed E-state index contributed by atoms with van der Waals surface area (Å²) in [5.74, 6) is 0.0313. The minimum Gasteiger partial charge on any atom is -0.465 e. The molecule has 0 saturated heterocycles. The molecule has 1 rings (SSSR count). The minimum atomic E-state index is -1.25. The molecule has 1 aromatic rings. The molecule has 0 aromatic carbocycles. The van der Waals surface area contributed by atoms with Gasteiger partial charge in [0.2, 0.25) is 0 Å².